The smallest absolute Gasteiger partial charge is 0.158 e. The van der Waals surface area contributed by atoms with Crippen LogP contribution in [0.25, 0.3) is 0 Å². The van der Waals surface area contributed by atoms with Crippen LogP contribution in [0.4, 0.5) is 17.2 Å². The SMILES string of the molecule is Nc1ccc(Cl)nc1N1CCCCc2ccccc21. The lowest BCUT2D eigenvalue weighted by atomic mass is 10.1. The average molecular weight is 274 g/mol. The summed E-state index contributed by atoms with van der Waals surface area (Å²) in [5, 5.41) is 0.478. The predicted molar refractivity (Wildman–Crippen MR) is 80.0 cm³/mol. The number of nitrogen functional groups attached to an aromatic ring is 1. The largest absolute Gasteiger partial charge is 0.396 e. The molecule has 0 unspecified atom stereocenters. The molecule has 19 heavy (non-hydrogen) atoms. The molecule has 0 radical (unpaired) electrons. The fourth-order valence-electron chi connectivity index (χ4n) is 2.56. The van der Waals surface area contributed by atoms with E-state index in [0.29, 0.717) is 10.8 Å². The van der Waals surface area contributed by atoms with Crippen molar-refractivity contribution >= 4 is 28.8 Å². The molecular formula is C15H16ClN3. The lowest BCUT2D eigenvalue weighted by Gasteiger charge is -2.25. The number of rotatable bonds is 1. The van der Waals surface area contributed by atoms with Gasteiger partial charge in [-0.3, -0.25) is 0 Å². The van der Waals surface area contributed by atoms with Crippen molar-refractivity contribution in [3.8, 4) is 0 Å². The van der Waals surface area contributed by atoms with E-state index in [0.717, 1.165) is 25.2 Å². The first-order valence-corrected chi connectivity index (χ1v) is 6.91. The highest BCUT2D eigenvalue weighted by atomic mass is 35.5. The molecule has 0 fully saturated rings. The van der Waals surface area contributed by atoms with E-state index in [4.69, 9.17) is 17.3 Å². The number of hydrogen-bond donors (Lipinski definition) is 1. The summed E-state index contributed by atoms with van der Waals surface area (Å²) in [4.78, 5) is 6.59. The van der Waals surface area contributed by atoms with E-state index in [9.17, 15) is 0 Å². The van der Waals surface area contributed by atoms with Gasteiger partial charge in [0.1, 0.15) is 5.15 Å². The summed E-state index contributed by atoms with van der Waals surface area (Å²) in [6.45, 7) is 0.925. The number of fused-ring (bicyclic) bond motifs is 1. The van der Waals surface area contributed by atoms with E-state index in [2.05, 4.69) is 34.1 Å². The number of nitrogens with zero attached hydrogens (tertiary/aromatic N) is 2. The Bertz CT molecular complexity index is 598. The van der Waals surface area contributed by atoms with Crippen LogP contribution in [0.5, 0.6) is 0 Å². The minimum absolute atomic E-state index is 0.478. The molecule has 98 valence electrons. The number of pyridine rings is 1. The average Bonchev–Trinajstić information content (AvgIpc) is 2.64. The number of nitrogens with two attached hydrogens (primary N) is 1. The molecule has 0 atom stereocenters. The summed E-state index contributed by atoms with van der Waals surface area (Å²) < 4.78 is 0. The van der Waals surface area contributed by atoms with Crippen LogP contribution in [0.1, 0.15) is 18.4 Å². The monoisotopic (exact) mass is 273 g/mol. The van der Waals surface area contributed by atoms with E-state index < -0.39 is 0 Å². The van der Waals surface area contributed by atoms with Crippen LogP contribution in [0, 0.1) is 0 Å². The third-order valence-electron chi connectivity index (χ3n) is 3.49. The van der Waals surface area contributed by atoms with Crippen molar-refractivity contribution < 1.29 is 0 Å². The lowest BCUT2D eigenvalue weighted by molar-refractivity contribution is 0.758. The van der Waals surface area contributed by atoms with Crippen LogP contribution in [0.3, 0.4) is 0 Å². The molecule has 1 aromatic carbocycles. The number of aromatic nitrogens is 1. The molecule has 0 saturated carbocycles. The Morgan fingerprint density at radius 1 is 1.11 bits per heavy atom. The molecule has 0 amide bonds. The van der Waals surface area contributed by atoms with Gasteiger partial charge in [-0.1, -0.05) is 29.8 Å². The second-order valence-electron chi connectivity index (χ2n) is 4.78. The Balaban J connectivity index is 2.11. The molecule has 1 aromatic heterocycles. The van der Waals surface area contributed by atoms with E-state index in [1.54, 1.807) is 6.07 Å². The van der Waals surface area contributed by atoms with Gasteiger partial charge in [-0.05, 0) is 43.0 Å². The zero-order valence-electron chi connectivity index (χ0n) is 10.6. The lowest BCUT2D eigenvalue weighted by Crippen LogP contribution is -2.20. The number of benzene rings is 1. The normalized spacial score (nSPS) is 14.9. The maximum Gasteiger partial charge on any atom is 0.158 e. The van der Waals surface area contributed by atoms with Crippen molar-refractivity contribution in [1.82, 2.24) is 4.98 Å². The van der Waals surface area contributed by atoms with Crippen LogP contribution in [0.2, 0.25) is 5.15 Å². The Hall–Kier alpha value is -1.74. The van der Waals surface area contributed by atoms with Crippen LogP contribution >= 0.6 is 11.6 Å². The van der Waals surface area contributed by atoms with E-state index in [-0.39, 0.29) is 0 Å². The fourth-order valence-corrected chi connectivity index (χ4v) is 2.71. The third kappa shape index (κ3) is 2.38. The zero-order chi connectivity index (χ0) is 13.2. The predicted octanol–water partition coefficient (Wildman–Crippen LogP) is 3.79. The number of para-hydroxylation sites is 1. The topological polar surface area (TPSA) is 42.1 Å². The van der Waals surface area contributed by atoms with E-state index >= 15 is 0 Å². The van der Waals surface area contributed by atoms with Gasteiger partial charge < -0.3 is 10.6 Å². The molecule has 1 aliphatic rings. The van der Waals surface area contributed by atoms with Crippen LogP contribution in [-0.4, -0.2) is 11.5 Å². The van der Waals surface area contributed by atoms with Crippen molar-refractivity contribution in [2.75, 3.05) is 17.2 Å². The maximum atomic E-state index is 6.07. The fraction of sp³-hybridized carbons (Fsp3) is 0.267. The highest BCUT2D eigenvalue weighted by molar-refractivity contribution is 6.29. The first-order valence-electron chi connectivity index (χ1n) is 6.53. The first kappa shape index (κ1) is 12.3. The molecule has 3 rings (SSSR count). The Morgan fingerprint density at radius 2 is 1.95 bits per heavy atom. The summed E-state index contributed by atoms with van der Waals surface area (Å²) in [5.74, 6) is 0.766. The van der Waals surface area contributed by atoms with E-state index in [1.807, 2.05) is 6.07 Å². The molecule has 4 heteroatoms. The molecule has 0 spiro atoms. The third-order valence-corrected chi connectivity index (χ3v) is 3.70. The molecule has 0 bridgehead atoms. The van der Waals surface area contributed by atoms with Crippen molar-refractivity contribution in [3.63, 3.8) is 0 Å². The molecule has 0 aliphatic carbocycles. The maximum absolute atomic E-state index is 6.07. The van der Waals surface area contributed by atoms with Crippen molar-refractivity contribution in [2.24, 2.45) is 0 Å². The Kier molecular flexibility index (Phi) is 3.30. The second-order valence-corrected chi connectivity index (χ2v) is 5.17. The quantitative estimate of drug-likeness (QED) is 0.804. The highest BCUT2D eigenvalue weighted by Gasteiger charge is 2.19. The highest BCUT2D eigenvalue weighted by Crippen LogP contribution is 2.34. The van der Waals surface area contributed by atoms with Crippen molar-refractivity contribution in [3.05, 3.63) is 47.1 Å². The molecule has 2 N–H and O–H groups in total. The van der Waals surface area contributed by atoms with Crippen LogP contribution < -0.4 is 10.6 Å². The second kappa shape index (κ2) is 5.10. The Labute approximate surface area is 118 Å². The van der Waals surface area contributed by atoms with Gasteiger partial charge in [0.05, 0.1) is 5.69 Å². The number of anilines is 3. The molecule has 2 aromatic rings. The Morgan fingerprint density at radius 3 is 2.84 bits per heavy atom. The molecular weight excluding hydrogens is 258 g/mol. The molecule has 3 nitrogen and oxygen atoms in total. The number of halogens is 1. The van der Waals surface area contributed by atoms with Gasteiger partial charge >= 0.3 is 0 Å². The number of aryl methyl sites for hydroxylation is 1. The molecule has 2 heterocycles. The van der Waals surface area contributed by atoms with Gasteiger partial charge in [0.25, 0.3) is 0 Å². The molecule has 0 saturated heterocycles. The van der Waals surface area contributed by atoms with Crippen LogP contribution in [-0.2, 0) is 6.42 Å². The zero-order valence-corrected chi connectivity index (χ0v) is 11.4. The van der Waals surface area contributed by atoms with Crippen LogP contribution in [0.15, 0.2) is 36.4 Å². The van der Waals surface area contributed by atoms with Gasteiger partial charge in [0.2, 0.25) is 0 Å². The summed E-state index contributed by atoms with van der Waals surface area (Å²) in [6.07, 6.45) is 3.42. The molecule has 1 aliphatic heterocycles. The van der Waals surface area contributed by atoms with Gasteiger partial charge in [0, 0.05) is 12.2 Å². The van der Waals surface area contributed by atoms with Gasteiger partial charge in [0.15, 0.2) is 5.82 Å². The van der Waals surface area contributed by atoms with Crippen molar-refractivity contribution in [2.45, 2.75) is 19.3 Å². The number of hydrogen-bond acceptors (Lipinski definition) is 3. The van der Waals surface area contributed by atoms with Gasteiger partial charge in [-0.15, -0.1) is 0 Å². The summed E-state index contributed by atoms with van der Waals surface area (Å²) in [7, 11) is 0. The minimum atomic E-state index is 0.478. The summed E-state index contributed by atoms with van der Waals surface area (Å²) in [5.41, 5.74) is 9.28. The van der Waals surface area contributed by atoms with Gasteiger partial charge in [-0.2, -0.15) is 0 Å². The first-order chi connectivity index (χ1) is 9.25. The van der Waals surface area contributed by atoms with Gasteiger partial charge in [-0.25, -0.2) is 4.98 Å². The van der Waals surface area contributed by atoms with Crippen molar-refractivity contribution in [1.29, 1.82) is 0 Å². The summed E-state index contributed by atoms with van der Waals surface area (Å²) >= 11 is 6.01. The van der Waals surface area contributed by atoms with E-state index in [1.165, 1.54) is 17.7 Å². The standard InChI is InChI=1S/C15H16ClN3/c16-14-9-8-12(17)15(18-14)19-10-4-3-6-11-5-1-2-7-13(11)19/h1-2,5,7-9H,3-4,6,10,17H2. The summed E-state index contributed by atoms with van der Waals surface area (Å²) in [6, 6.07) is 12.0. The minimum Gasteiger partial charge on any atom is -0.396 e.